The number of nitrogens with one attached hydrogen (secondary N) is 2. The molecule has 2 aliphatic heterocycles. The number of piperazine rings is 1. The van der Waals surface area contributed by atoms with Crippen LogP contribution >= 0.6 is 0 Å². The quantitative estimate of drug-likeness (QED) is 0.699. The standard InChI is InChI=1S/C19H28N4O3/c1-22-10-12-23(13-11-22)9-5-8-20-19(25)18-17(21-16(24)14-26-18)15-6-3-2-4-7-15/h2-4,6-7,17-18H,5,8-14H2,1H3,(H,20,25)(H,21,24)/t17-,18+/m1/s1. The number of morpholine rings is 1. The Balaban J connectivity index is 1.47. The summed E-state index contributed by atoms with van der Waals surface area (Å²) in [4.78, 5) is 29.0. The number of rotatable bonds is 6. The van der Waals surface area contributed by atoms with E-state index in [1.807, 2.05) is 30.3 Å². The van der Waals surface area contributed by atoms with Gasteiger partial charge in [0.1, 0.15) is 6.61 Å². The zero-order valence-electron chi connectivity index (χ0n) is 15.3. The van der Waals surface area contributed by atoms with Crippen molar-refractivity contribution in [3.63, 3.8) is 0 Å². The SMILES string of the molecule is CN1CCN(CCCNC(=O)[C@H]2OCC(=O)N[C@@H]2c2ccccc2)CC1. The summed E-state index contributed by atoms with van der Waals surface area (Å²) in [5.74, 6) is -0.366. The van der Waals surface area contributed by atoms with Gasteiger partial charge >= 0.3 is 0 Å². The first-order chi connectivity index (χ1) is 12.6. The predicted octanol–water partition coefficient (Wildman–Crippen LogP) is -0.00360. The summed E-state index contributed by atoms with van der Waals surface area (Å²) in [6.45, 7) is 5.87. The van der Waals surface area contributed by atoms with E-state index in [0.717, 1.165) is 44.7 Å². The van der Waals surface area contributed by atoms with E-state index in [0.29, 0.717) is 6.54 Å². The summed E-state index contributed by atoms with van der Waals surface area (Å²) < 4.78 is 5.54. The molecule has 7 nitrogen and oxygen atoms in total. The Hall–Kier alpha value is -1.96. The van der Waals surface area contributed by atoms with Crippen molar-refractivity contribution in [1.82, 2.24) is 20.4 Å². The van der Waals surface area contributed by atoms with Gasteiger partial charge in [0.2, 0.25) is 5.91 Å². The van der Waals surface area contributed by atoms with Crippen LogP contribution in [0, 0.1) is 0 Å². The summed E-state index contributed by atoms with van der Waals surface area (Å²) in [6.07, 6.45) is 0.212. The van der Waals surface area contributed by atoms with Crippen molar-refractivity contribution in [2.75, 3.05) is 52.9 Å². The predicted molar refractivity (Wildman–Crippen MR) is 98.6 cm³/mol. The van der Waals surface area contributed by atoms with Crippen LogP contribution in [-0.2, 0) is 14.3 Å². The Morgan fingerprint density at radius 1 is 1.23 bits per heavy atom. The first kappa shape index (κ1) is 18.8. The van der Waals surface area contributed by atoms with E-state index >= 15 is 0 Å². The minimum atomic E-state index is -0.696. The second-order valence-corrected chi connectivity index (χ2v) is 6.98. The van der Waals surface area contributed by atoms with Crippen LogP contribution in [0.15, 0.2) is 30.3 Å². The van der Waals surface area contributed by atoms with Crippen LogP contribution in [0.3, 0.4) is 0 Å². The molecular formula is C19H28N4O3. The van der Waals surface area contributed by atoms with E-state index < -0.39 is 12.1 Å². The van der Waals surface area contributed by atoms with Crippen molar-refractivity contribution in [2.45, 2.75) is 18.6 Å². The number of likely N-dealkylation sites (N-methyl/N-ethyl adjacent to an activating group) is 1. The normalized spacial score (nSPS) is 24.9. The largest absolute Gasteiger partial charge is 0.356 e. The van der Waals surface area contributed by atoms with Gasteiger partial charge in [-0.15, -0.1) is 0 Å². The van der Waals surface area contributed by atoms with Gasteiger partial charge in [0.15, 0.2) is 6.10 Å². The first-order valence-electron chi connectivity index (χ1n) is 9.28. The molecule has 26 heavy (non-hydrogen) atoms. The minimum absolute atomic E-state index is 0.0806. The lowest BCUT2D eigenvalue weighted by Gasteiger charge is -2.33. The van der Waals surface area contributed by atoms with E-state index in [2.05, 4.69) is 27.5 Å². The van der Waals surface area contributed by atoms with E-state index in [4.69, 9.17) is 4.74 Å². The number of ether oxygens (including phenoxy) is 1. The molecule has 0 spiro atoms. The molecular weight excluding hydrogens is 332 g/mol. The second kappa shape index (κ2) is 9.12. The Morgan fingerprint density at radius 3 is 2.69 bits per heavy atom. The van der Waals surface area contributed by atoms with E-state index in [1.165, 1.54) is 0 Å². The van der Waals surface area contributed by atoms with Gasteiger partial charge in [-0.05, 0) is 25.6 Å². The van der Waals surface area contributed by atoms with Gasteiger partial charge in [0.05, 0.1) is 6.04 Å². The number of carbonyl (C=O) groups excluding carboxylic acids is 2. The molecule has 0 aliphatic carbocycles. The average molecular weight is 360 g/mol. The number of amides is 2. The van der Waals surface area contributed by atoms with Crippen LogP contribution in [0.2, 0.25) is 0 Å². The molecule has 2 N–H and O–H groups in total. The third kappa shape index (κ3) is 5.03. The fraction of sp³-hybridized carbons (Fsp3) is 0.579. The maximum atomic E-state index is 12.6. The monoisotopic (exact) mass is 360 g/mol. The van der Waals surface area contributed by atoms with Gasteiger partial charge in [-0.3, -0.25) is 9.59 Å². The van der Waals surface area contributed by atoms with E-state index in [1.54, 1.807) is 0 Å². The summed E-state index contributed by atoms with van der Waals surface area (Å²) in [6, 6.07) is 9.03. The van der Waals surface area contributed by atoms with Crippen LogP contribution in [0.25, 0.3) is 0 Å². The van der Waals surface area contributed by atoms with Crippen molar-refractivity contribution >= 4 is 11.8 Å². The molecule has 2 heterocycles. The Kier molecular flexibility index (Phi) is 6.60. The topological polar surface area (TPSA) is 73.9 Å². The van der Waals surface area contributed by atoms with E-state index in [9.17, 15) is 9.59 Å². The summed E-state index contributed by atoms with van der Waals surface area (Å²) in [5.41, 5.74) is 0.873. The molecule has 0 saturated carbocycles. The highest BCUT2D eigenvalue weighted by atomic mass is 16.5. The maximum Gasteiger partial charge on any atom is 0.251 e. The fourth-order valence-electron chi connectivity index (χ4n) is 3.38. The van der Waals surface area contributed by atoms with Crippen molar-refractivity contribution in [2.24, 2.45) is 0 Å². The number of hydrogen-bond acceptors (Lipinski definition) is 5. The molecule has 0 radical (unpaired) electrons. The van der Waals surface area contributed by atoms with E-state index in [-0.39, 0.29) is 18.4 Å². The molecule has 2 atom stereocenters. The zero-order chi connectivity index (χ0) is 18.4. The highest BCUT2D eigenvalue weighted by Gasteiger charge is 2.35. The Labute approximate surface area is 154 Å². The van der Waals surface area contributed by atoms with Gasteiger partial charge < -0.3 is 25.2 Å². The summed E-state index contributed by atoms with van der Waals surface area (Å²) in [5, 5.41) is 5.84. The highest BCUT2D eigenvalue weighted by molar-refractivity contribution is 5.86. The number of nitrogens with zero attached hydrogens (tertiary/aromatic N) is 2. The lowest BCUT2D eigenvalue weighted by atomic mass is 9.99. The fourth-order valence-corrected chi connectivity index (χ4v) is 3.38. The van der Waals surface area contributed by atoms with Crippen LogP contribution < -0.4 is 10.6 Å². The smallest absolute Gasteiger partial charge is 0.251 e. The molecule has 0 unspecified atom stereocenters. The van der Waals surface area contributed by atoms with Gasteiger partial charge in [0, 0.05) is 32.7 Å². The molecule has 2 fully saturated rings. The van der Waals surface area contributed by atoms with Gasteiger partial charge in [-0.25, -0.2) is 0 Å². The zero-order valence-corrected chi connectivity index (χ0v) is 15.3. The maximum absolute atomic E-state index is 12.6. The number of hydrogen-bond donors (Lipinski definition) is 2. The van der Waals surface area contributed by atoms with Crippen LogP contribution in [0.5, 0.6) is 0 Å². The summed E-state index contributed by atoms with van der Waals surface area (Å²) >= 11 is 0. The van der Waals surface area contributed by atoms with Crippen molar-refractivity contribution in [3.8, 4) is 0 Å². The van der Waals surface area contributed by atoms with Crippen molar-refractivity contribution < 1.29 is 14.3 Å². The third-order valence-corrected chi connectivity index (χ3v) is 4.98. The molecule has 3 rings (SSSR count). The van der Waals surface area contributed by atoms with Crippen molar-refractivity contribution in [1.29, 1.82) is 0 Å². The lowest BCUT2D eigenvalue weighted by molar-refractivity contribution is -0.148. The molecule has 2 aliphatic rings. The number of carbonyl (C=O) groups is 2. The van der Waals surface area contributed by atoms with Gasteiger partial charge in [-0.1, -0.05) is 30.3 Å². The average Bonchev–Trinajstić information content (AvgIpc) is 2.67. The van der Waals surface area contributed by atoms with Gasteiger partial charge in [-0.2, -0.15) is 0 Å². The Bertz CT molecular complexity index is 602. The van der Waals surface area contributed by atoms with Crippen LogP contribution in [0.4, 0.5) is 0 Å². The van der Waals surface area contributed by atoms with Gasteiger partial charge in [0.25, 0.3) is 5.91 Å². The molecule has 2 saturated heterocycles. The molecule has 7 heteroatoms. The molecule has 2 amide bonds. The van der Waals surface area contributed by atoms with Crippen LogP contribution in [0.1, 0.15) is 18.0 Å². The summed E-state index contributed by atoms with van der Waals surface area (Å²) in [7, 11) is 2.14. The highest BCUT2D eigenvalue weighted by Crippen LogP contribution is 2.22. The Morgan fingerprint density at radius 2 is 1.96 bits per heavy atom. The van der Waals surface area contributed by atoms with Crippen molar-refractivity contribution in [3.05, 3.63) is 35.9 Å². The van der Waals surface area contributed by atoms with Crippen LogP contribution in [-0.4, -0.2) is 80.6 Å². The third-order valence-electron chi connectivity index (χ3n) is 4.98. The molecule has 0 aromatic heterocycles. The molecule has 1 aromatic carbocycles. The lowest BCUT2D eigenvalue weighted by Crippen LogP contribution is -2.52. The second-order valence-electron chi connectivity index (χ2n) is 6.98. The molecule has 0 bridgehead atoms. The first-order valence-corrected chi connectivity index (χ1v) is 9.28. The number of benzene rings is 1. The molecule has 142 valence electrons. The minimum Gasteiger partial charge on any atom is -0.356 e. The molecule has 1 aromatic rings.